The molecule has 160 valence electrons. The molecule has 0 aromatic heterocycles. The zero-order valence-corrected chi connectivity index (χ0v) is 17.1. The van der Waals surface area contributed by atoms with Crippen LogP contribution in [0.5, 0.6) is 11.5 Å². The fraction of sp³-hybridized carbons (Fsp3) is 0.524. The van der Waals surface area contributed by atoms with Gasteiger partial charge in [-0.25, -0.2) is 9.69 Å². The van der Waals surface area contributed by atoms with Crippen LogP contribution in [0.15, 0.2) is 18.2 Å². The van der Waals surface area contributed by atoms with Crippen LogP contribution in [0.2, 0.25) is 0 Å². The lowest BCUT2D eigenvalue weighted by Gasteiger charge is -2.27. The van der Waals surface area contributed by atoms with E-state index in [2.05, 4.69) is 0 Å². The van der Waals surface area contributed by atoms with Gasteiger partial charge in [0.15, 0.2) is 11.5 Å². The number of imide groups is 2. The van der Waals surface area contributed by atoms with E-state index < -0.39 is 30.4 Å². The van der Waals surface area contributed by atoms with E-state index in [4.69, 9.17) is 9.47 Å². The standard InChI is InChI=1S/C21H25N3O6/c1-13(2)24-20(27)19(26)23(21(24)28)12-18(25)22-8-3-5-15(22)14-6-7-16-17(11-14)30-10-4-9-29-16/h6-7,11,13,15H,3-5,8-10,12H2,1-2H3/t15-/m0/s1. The van der Waals surface area contributed by atoms with Gasteiger partial charge >= 0.3 is 17.8 Å². The number of hydrogen-bond acceptors (Lipinski definition) is 6. The maximum atomic E-state index is 13.0. The summed E-state index contributed by atoms with van der Waals surface area (Å²) in [5.74, 6) is -0.846. The van der Waals surface area contributed by atoms with Crippen molar-refractivity contribution in [3.63, 3.8) is 0 Å². The number of fused-ring (bicyclic) bond motifs is 1. The molecule has 4 rings (SSSR count). The third-order valence-corrected chi connectivity index (χ3v) is 5.62. The van der Waals surface area contributed by atoms with Crippen LogP contribution < -0.4 is 9.47 Å². The first-order valence-electron chi connectivity index (χ1n) is 10.3. The molecule has 0 radical (unpaired) electrons. The molecule has 0 bridgehead atoms. The van der Waals surface area contributed by atoms with E-state index in [1.807, 2.05) is 18.2 Å². The molecule has 0 aliphatic carbocycles. The van der Waals surface area contributed by atoms with Gasteiger partial charge in [-0.2, -0.15) is 0 Å². The van der Waals surface area contributed by atoms with E-state index in [9.17, 15) is 19.2 Å². The number of carbonyl (C=O) groups excluding carboxylic acids is 4. The minimum absolute atomic E-state index is 0.181. The van der Waals surface area contributed by atoms with E-state index in [1.54, 1.807) is 18.7 Å². The topological polar surface area (TPSA) is 96.5 Å². The van der Waals surface area contributed by atoms with Crippen LogP contribution >= 0.6 is 0 Å². The summed E-state index contributed by atoms with van der Waals surface area (Å²) in [6.45, 7) is 4.56. The van der Waals surface area contributed by atoms with E-state index in [0.717, 1.165) is 34.6 Å². The molecule has 30 heavy (non-hydrogen) atoms. The molecule has 0 unspecified atom stereocenters. The van der Waals surface area contributed by atoms with Crippen LogP contribution in [0.25, 0.3) is 0 Å². The normalized spacial score (nSPS) is 21.6. The molecule has 2 fully saturated rings. The van der Waals surface area contributed by atoms with Gasteiger partial charge < -0.3 is 14.4 Å². The SMILES string of the molecule is CC(C)N1C(=O)C(=O)N(CC(=O)N2CCC[C@H]2c2ccc3c(c2)OCCCO3)C1=O. The van der Waals surface area contributed by atoms with Gasteiger partial charge in [-0.3, -0.25) is 19.3 Å². The van der Waals surface area contributed by atoms with E-state index in [-0.39, 0.29) is 11.9 Å². The largest absolute Gasteiger partial charge is 0.490 e. The van der Waals surface area contributed by atoms with Gasteiger partial charge in [-0.05, 0) is 44.4 Å². The Labute approximate surface area is 174 Å². The molecule has 9 nitrogen and oxygen atoms in total. The van der Waals surface area contributed by atoms with Gasteiger partial charge in [0.25, 0.3) is 0 Å². The summed E-state index contributed by atoms with van der Waals surface area (Å²) in [5.41, 5.74) is 0.920. The number of benzene rings is 1. The van der Waals surface area contributed by atoms with E-state index in [0.29, 0.717) is 31.3 Å². The van der Waals surface area contributed by atoms with E-state index >= 15 is 0 Å². The van der Waals surface area contributed by atoms with Crippen molar-refractivity contribution < 1.29 is 28.7 Å². The first-order chi connectivity index (χ1) is 14.4. The Kier molecular flexibility index (Phi) is 5.36. The van der Waals surface area contributed by atoms with E-state index in [1.165, 1.54) is 0 Å². The molecular weight excluding hydrogens is 390 g/mol. The Morgan fingerprint density at radius 2 is 1.80 bits per heavy atom. The minimum Gasteiger partial charge on any atom is -0.490 e. The average molecular weight is 415 g/mol. The Bertz CT molecular complexity index is 899. The van der Waals surface area contributed by atoms with Gasteiger partial charge in [0, 0.05) is 19.0 Å². The van der Waals surface area contributed by atoms with Crippen LogP contribution in [0.1, 0.15) is 44.7 Å². The summed E-state index contributed by atoms with van der Waals surface area (Å²) in [7, 11) is 0. The first kappa shape index (κ1) is 20.2. The van der Waals surface area contributed by atoms with Crippen molar-refractivity contribution in [1.82, 2.24) is 14.7 Å². The molecule has 0 saturated carbocycles. The molecule has 0 N–H and O–H groups in total. The monoisotopic (exact) mass is 415 g/mol. The second kappa shape index (κ2) is 7.97. The van der Waals surface area contributed by atoms with Crippen molar-refractivity contribution in [3.8, 4) is 11.5 Å². The number of ether oxygens (including phenoxy) is 2. The smallest absolute Gasteiger partial charge is 0.334 e. The van der Waals surface area contributed by atoms with Crippen molar-refractivity contribution in [1.29, 1.82) is 0 Å². The lowest BCUT2D eigenvalue weighted by atomic mass is 10.0. The fourth-order valence-corrected chi connectivity index (χ4v) is 4.14. The van der Waals surface area contributed by atoms with Crippen molar-refractivity contribution in [2.45, 2.75) is 45.2 Å². The third kappa shape index (κ3) is 3.48. The predicted octanol–water partition coefficient (Wildman–Crippen LogP) is 1.71. The van der Waals surface area contributed by atoms with Gasteiger partial charge in [0.2, 0.25) is 5.91 Å². The van der Waals surface area contributed by atoms with Crippen LogP contribution in [-0.2, 0) is 14.4 Å². The average Bonchev–Trinajstić information content (AvgIpc) is 3.18. The predicted molar refractivity (Wildman–Crippen MR) is 105 cm³/mol. The summed E-state index contributed by atoms with van der Waals surface area (Å²) >= 11 is 0. The molecule has 2 saturated heterocycles. The number of urea groups is 1. The molecule has 3 aliphatic rings. The summed E-state index contributed by atoms with van der Waals surface area (Å²) in [6, 6.07) is 4.30. The molecule has 1 aromatic rings. The molecule has 5 amide bonds. The Hall–Kier alpha value is -3.10. The molecule has 3 aliphatic heterocycles. The van der Waals surface area contributed by atoms with Crippen molar-refractivity contribution in [2.75, 3.05) is 26.3 Å². The molecule has 1 atom stereocenters. The highest BCUT2D eigenvalue weighted by Gasteiger charge is 2.47. The number of nitrogens with zero attached hydrogens (tertiary/aromatic N) is 3. The highest BCUT2D eigenvalue weighted by atomic mass is 16.5. The molecule has 3 heterocycles. The first-order valence-corrected chi connectivity index (χ1v) is 10.3. The number of carbonyl (C=O) groups is 4. The second-order valence-corrected chi connectivity index (χ2v) is 7.94. The summed E-state index contributed by atoms with van der Waals surface area (Å²) in [4.78, 5) is 53.1. The van der Waals surface area contributed by atoms with Gasteiger partial charge in [0.05, 0.1) is 19.3 Å². The zero-order valence-electron chi connectivity index (χ0n) is 17.1. The van der Waals surface area contributed by atoms with Crippen molar-refractivity contribution in [2.24, 2.45) is 0 Å². The lowest BCUT2D eigenvalue weighted by molar-refractivity contribution is -0.145. The molecule has 1 aromatic carbocycles. The maximum Gasteiger partial charge on any atom is 0.334 e. The minimum atomic E-state index is -0.951. The molecule has 0 spiro atoms. The van der Waals surface area contributed by atoms with Gasteiger partial charge in [0.1, 0.15) is 6.54 Å². The maximum absolute atomic E-state index is 13.0. The molecule has 9 heteroatoms. The van der Waals surface area contributed by atoms with Gasteiger partial charge in [-0.1, -0.05) is 6.07 Å². The number of rotatable bonds is 4. The van der Waals surface area contributed by atoms with Crippen molar-refractivity contribution >= 4 is 23.8 Å². The third-order valence-electron chi connectivity index (χ3n) is 5.62. The van der Waals surface area contributed by atoms with Crippen LogP contribution in [0.3, 0.4) is 0 Å². The lowest BCUT2D eigenvalue weighted by Crippen LogP contribution is -2.44. The van der Waals surface area contributed by atoms with Crippen LogP contribution in [-0.4, -0.2) is 70.8 Å². The quantitative estimate of drug-likeness (QED) is 0.549. The summed E-state index contributed by atoms with van der Waals surface area (Å²) < 4.78 is 11.4. The summed E-state index contributed by atoms with van der Waals surface area (Å²) in [6.07, 6.45) is 2.39. The number of hydrogen-bond donors (Lipinski definition) is 0. The highest BCUT2D eigenvalue weighted by molar-refractivity contribution is 6.45. The Balaban J connectivity index is 1.51. The molecular formula is C21H25N3O6. The Morgan fingerprint density at radius 1 is 1.07 bits per heavy atom. The zero-order chi connectivity index (χ0) is 21.4. The van der Waals surface area contributed by atoms with Crippen LogP contribution in [0.4, 0.5) is 4.79 Å². The van der Waals surface area contributed by atoms with Gasteiger partial charge in [-0.15, -0.1) is 0 Å². The second-order valence-electron chi connectivity index (χ2n) is 7.94. The van der Waals surface area contributed by atoms with Crippen molar-refractivity contribution in [3.05, 3.63) is 23.8 Å². The Morgan fingerprint density at radius 3 is 2.50 bits per heavy atom. The number of amides is 5. The van der Waals surface area contributed by atoms with Crippen LogP contribution in [0, 0.1) is 0 Å². The number of likely N-dealkylation sites (tertiary alicyclic amines) is 1. The summed E-state index contributed by atoms with van der Waals surface area (Å²) in [5, 5.41) is 0. The fourth-order valence-electron chi connectivity index (χ4n) is 4.14. The highest BCUT2D eigenvalue weighted by Crippen LogP contribution is 2.38.